The average Bonchev–Trinajstić information content (AvgIpc) is 3.31. The number of aldehydes is 1. The van der Waals surface area contributed by atoms with E-state index < -0.39 is 25.1 Å². The van der Waals surface area contributed by atoms with Crippen LogP contribution < -0.4 is 19.1 Å². The van der Waals surface area contributed by atoms with Gasteiger partial charge in [0.1, 0.15) is 23.5 Å². The average molecular weight is 1050 g/mol. The Bertz CT molecular complexity index is 2950. The summed E-state index contributed by atoms with van der Waals surface area (Å²) < 4.78 is 67.3. The van der Waals surface area contributed by atoms with Crippen molar-refractivity contribution in [3.05, 3.63) is 172 Å². The van der Waals surface area contributed by atoms with Crippen molar-refractivity contribution in [3.63, 3.8) is 0 Å². The SMILES string of the molecule is COc1ccc(Cc2cc(C)ccc2S(=O)(=O)CC(C)(C)C)cc1.COc1ccc(Cc2cc(C)ccc2SCC(C)(C)C)cc1.COc1ccc(Cc2cc(N(C)C)ccc2S(=O)(=O)CC(C)(C)C=O)cc1. The molecule has 0 aliphatic carbocycles. The molecule has 6 aromatic rings. The van der Waals surface area contributed by atoms with Crippen LogP contribution in [-0.4, -0.2) is 75.8 Å². The van der Waals surface area contributed by atoms with E-state index in [1.54, 1.807) is 53.4 Å². The zero-order valence-electron chi connectivity index (χ0n) is 45.9. The second-order valence-electron chi connectivity index (χ2n) is 22.0. The number of thioether (sulfide) groups is 1. The van der Waals surface area contributed by atoms with Crippen LogP contribution in [0.3, 0.4) is 0 Å². The number of aryl methyl sites for hydroxylation is 2. The minimum atomic E-state index is -3.61. The van der Waals surface area contributed by atoms with Gasteiger partial charge in [-0.05, 0) is 144 Å². The minimum Gasteiger partial charge on any atom is -0.497 e. The molecule has 394 valence electrons. The van der Waals surface area contributed by atoms with Crippen molar-refractivity contribution in [3.8, 4) is 17.2 Å². The van der Waals surface area contributed by atoms with Crippen LogP contribution in [0.5, 0.6) is 17.2 Å². The molecule has 0 aliphatic heterocycles. The lowest BCUT2D eigenvalue weighted by atomic mass is 10.00. The van der Waals surface area contributed by atoms with Crippen LogP contribution in [0.15, 0.2) is 142 Å². The molecular weight excluding hydrogens is 971 g/mol. The summed E-state index contributed by atoms with van der Waals surface area (Å²) >= 11 is 1.96. The van der Waals surface area contributed by atoms with Gasteiger partial charge in [0.2, 0.25) is 0 Å². The highest BCUT2D eigenvalue weighted by molar-refractivity contribution is 7.99. The van der Waals surface area contributed by atoms with Crippen molar-refractivity contribution in [2.75, 3.05) is 57.6 Å². The fourth-order valence-electron chi connectivity index (χ4n) is 7.86. The Morgan fingerprint density at radius 1 is 0.493 bits per heavy atom. The molecule has 0 N–H and O–H groups in total. The summed E-state index contributed by atoms with van der Waals surface area (Å²) in [6, 6.07) is 41.4. The van der Waals surface area contributed by atoms with Crippen molar-refractivity contribution in [2.24, 2.45) is 16.2 Å². The highest BCUT2D eigenvalue weighted by atomic mass is 32.2. The van der Waals surface area contributed by atoms with Crippen molar-refractivity contribution in [2.45, 2.75) is 103 Å². The number of carbonyl (C=O) groups excluding carboxylic acids is 1. The van der Waals surface area contributed by atoms with E-state index in [9.17, 15) is 21.6 Å². The summed E-state index contributed by atoms with van der Waals surface area (Å²) in [5.41, 5.74) is 8.79. The zero-order chi connectivity index (χ0) is 54.4. The summed E-state index contributed by atoms with van der Waals surface area (Å²) in [5, 5.41) is 0. The van der Waals surface area contributed by atoms with Gasteiger partial charge in [-0.15, -0.1) is 11.8 Å². The van der Waals surface area contributed by atoms with Crippen molar-refractivity contribution >= 4 is 43.4 Å². The lowest BCUT2D eigenvalue weighted by Crippen LogP contribution is -2.26. The van der Waals surface area contributed by atoms with Gasteiger partial charge in [0.25, 0.3) is 0 Å². The van der Waals surface area contributed by atoms with Gasteiger partial charge in [-0.25, -0.2) is 16.8 Å². The molecule has 73 heavy (non-hydrogen) atoms. The van der Waals surface area contributed by atoms with Crippen LogP contribution in [0.2, 0.25) is 0 Å². The highest BCUT2D eigenvalue weighted by Gasteiger charge is 2.30. The molecule has 0 heterocycles. The first-order chi connectivity index (χ1) is 34.1. The number of sulfone groups is 2. The monoisotopic (exact) mass is 1050 g/mol. The van der Waals surface area contributed by atoms with Crippen LogP contribution in [0.4, 0.5) is 5.69 Å². The van der Waals surface area contributed by atoms with E-state index in [1.165, 1.54) is 21.6 Å². The summed E-state index contributed by atoms with van der Waals surface area (Å²) in [7, 11) is 1.84. The molecule has 0 saturated carbocycles. The van der Waals surface area contributed by atoms with Gasteiger partial charge in [-0.3, -0.25) is 0 Å². The minimum absolute atomic E-state index is 0.138. The molecule has 0 spiro atoms. The smallest absolute Gasteiger partial charge is 0.179 e. The lowest BCUT2D eigenvalue weighted by Gasteiger charge is -2.20. The van der Waals surface area contributed by atoms with Crippen molar-refractivity contribution < 1.29 is 35.8 Å². The van der Waals surface area contributed by atoms with Gasteiger partial charge < -0.3 is 23.9 Å². The number of carbonyl (C=O) groups is 1. The Balaban J connectivity index is 0.000000239. The number of anilines is 1. The molecular formula is C61H79NO8S3. The van der Waals surface area contributed by atoms with Crippen LogP contribution >= 0.6 is 11.8 Å². The Labute approximate surface area is 442 Å². The molecule has 0 fully saturated rings. The number of rotatable bonds is 18. The Morgan fingerprint density at radius 2 is 0.877 bits per heavy atom. The number of methoxy groups -OCH3 is 3. The van der Waals surface area contributed by atoms with Crippen LogP contribution in [0.25, 0.3) is 0 Å². The molecule has 0 radical (unpaired) electrons. The predicted octanol–water partition coefficient (Wildman–Crippen LogP) is 13.5. The van der Waals surface area contributed by atoms with Crippen LogP contribution in [0.1, 0.15) is 99.9 Å². The molecule has 6 aromatic carbocycles. The van der Waals surface area contributed by atoms with Gasteiger partial charge in [-0.1, -0.05) is 127 Å². The van der Waals surface area contributed by atoms with E-state index in [0.717, 1.165) is 57.4 Å². The quantitative estimate of drug-likeness (QED) is 0.0608. The third-order valence-electron chi connectivity index (χ3n) is 11.5. The third-order valence-corrected chi connectivity index (χ3v) is 17.7. The molecule has 0 saturated heterocycles. The van der Waals surface area contributed by atoms with E-state index in [4.69, 9.17) is 14.2 Å². The fourth-order valence-corrected chi connectivity index (χ4v) is 13.0. The fraction of sp³-hybridized carbons (Fsp3) is 0.393. The van der Waals surface area contributed by atoms with E-state index >= 15 is 0 Å². The molecule has 0 aliphatic rings. The van der Waals surface area contributed by atoms with Gasteiger partial charge in [0.15, 0.2) is 19.7 Å². The maximum absolute atomic E-state index is 13.0. The first kappa shape index (κ1) is 60.0. The number of ether oxygens (including phenoxy) is 3. The maximum Gasteiger partial charge on any atom is 0.179 e. The van der Waals surface area contributed by atoms with E-state index in [1.807, 2.05) is 137 Å². The van der Waals surface area contributed by atoms with Gasteiger partial charge >= 0.3 is 0 Å². The number of benzene rings is 6. The molecule has 0 unspecified atom stereocenters. The Kier molecular flexibility index (Phi) is 21.4. The summed E-state index contributed by atoms with van der Waals surface area (Å²) in [6.45, 7) is 20.1. The summed E-state index contributed by atoms with van der Waals surface area (Å²) in [6.07, 6.45) is 2.73. The van der Waals surface area contributed by atoms with E-state index in [0.29, 0.717) is 35.0 Å². The molecule has 0 aromatic heterocycles. The summed E-state index contributed by atoms with van der Waals surface area (Å²) in [5.74, 6) is 3.50. The third kappa shape index (κ3) is 19.7. The van der Waals surface area contributed by atoms with Crippen molar-refractivity contribution in [1.82, 2.24) is 0 Å². The number of hydrogen-bond acceptors (Lipinski definition) is 10. The molecule has 0 bridgehead atoms. The van der Waals surface area contributed by atoms with Gasteiger partial charge in [0, 0.05) is 35.8 Å². The molecule has 0 atom stereocenters. The predicted molar refractivity (Wildman–Crippen MR) is 304 cm³/mol. The van der Waals surface area contributed by atoms with E-state index in [2.05, 4.69) is 58.0 Å². The Hall–Kier alpha value is -5.56. The molecule has 12 heteroatoms. The second-order valence-corrected chi connectivity index (χ2v) is 27.0. The number of hydrogen-bond donors (Lipinski definition) is 0. The van der Waals surface area contributed by atoms with Crippen molar-refractivity contribution in [1.29, 1.82) is 0 Å². The Morgan fingerprint density at radius 3 is 1.27 bits per heavy atom. The normalized spacial score (nSPS) is 11.9. The van der Waals surface area contributed by atoms with Gasteiger partial charge in [-0.2, -0.15) is 0 Å². The van der Waals surface area contributed by atoms with Gasteiger partial charge in [0.05, 0.1) is 42.6 Å². The van der Waals surface area contributed by atoms with Crippen LogP contribution in [0, 0.1) is 30.1 Å². The summed E-state index contributed by atoms with van der Waals surface area (Å²) in [4.78, 5) is 15.3. The number of nitrogens with zero attached hydrogens (tertiary/aromatic N) is 1. The highest BCUT2D eigenvalue weighted by Crippen LogP contribution is 2.33. The van der Waals surface area contributed by atoms with E-state index in [-0.39, 0.29) is 21.8 Å². The molecule has 0 amide bonds. The molecule has 6 rings (SSSR count). The standard InChI is InChI=1S/C21H27NO4S.C20H26O3S.C20H26OS/c1-21(2,14-23)15-27(24,25)20-11-8-18(22(3)4)13-17(20)12-16-6-9-19(26-5)10-7-16;1-15-6-11-19(24(21,22)14-20(2,3)4)17(12-15)13-16-7-9-18(23-5)10-8-16;1-15-6-11-19(22-14-20(2,3)4)17(12-15)13-16-7-9-18(21-5)10-8-16/h6-11,13-14H,12,15H2,1-5H3;6-12H,13-14H2,1-5H3;6-12H,13-14H2,1-5H3. The zero-order valence-corrected chi connectivity index (χ0v) is 48.3. The largest absolute Gasteiger partial charge is 0.497 e. The first-order valence-electron chi connectivity index (χ1n) is 24.5. The maximum atomic E-state index is 13.0. The lowest BCUT2D eigenvalue weighted by molar-refractivity contribution is -0.113. The topological polar surface area (TPSA) is 116 Å². The second kappa shape index (κ2) is 26.1. The molecule has 9 nitrogen and oxygen atoms in total. The van der Waals surface area contributed by atoms with Crippen LogP contribution in [-0.2, 0) is 43.7 Å². The first-order valence-corrected chi connectivity index (χ1v) is 28.8.